The normalized spacial score (nSPS) is 17.5. The average molecular weight is 323 g/mol. The van der Waals surface area contributed by atoms with Crippen LogP contribution in [0, 0.1) is 17.2 Å². The standard InChI is InChI=1S/C19H21N3O2/c1-19(13-20,15-9-10-15)22-17(23)12-21-18(16-8-5-11-24-16)14-6-3-2-4-7-14/h2-8,11,15,18,21H,9-10,12H2,1H3,(H,22,23)/t18-,19+/m1/s1. The highest BCUT2D eigenvalue weighted by molar-refractivity contribution is 5.79. The molecule has 124 valence electrons. The van der Waals surface area contributed by atoms with Crippen molar-refractivity contribution in [2.75, 3.05) is 6.54 Å². The summed E-state index contributed by atoms with van der Waals surface area (Å²) in [5.41, 5.74) is 0.247. The van der Waals surface area contributed by atoms with Crippen molar-refractivity contribution in [1.29, 1.82) is 5.26 Å². The van der Waals surface area contributed by atoms with Gasteiger partial charge in [0.1, 0.15) is 11.3 Å². The molecular weight excluding hydrogens is 302 g/mol. The molecule has 0 unspecified atom stereocenters. The molecule has 2 atom stereocenters. The predicted molar refractivity (Wildman–Crippen MR) is 89.9 cm³/mol. The van der Waals surface area contributed by atoms with Gasteiger partial charge in [0.15, 0.2) is 0 Å². The molecule has 1 amide bonds. The quantitative estimate of drug-likeness (QED) is 0.821. The molecule has 5 nitrogen and oxygen atoms in total. The van der Waals surface area contributed by atoms with Crippen LogP contribution in [-0.2, 0) is 4.79 Å². The molecule has 1 heterocycles. The number of rotatable bonds is 7. The smallest absolute Gasteiger partial charge is 0.235 e. The summed E-state index contributed by atoms with van der Waals surface area (Å²) in [6.07, 6.45) is 3.61. The van der Waals surface area contributed by atoms with Crippen LogP contribution >= 0.6 is 0 Å². The molecule has 2 N–H and O–H groups in total. The van der Waals surface area contributed by atoms with Crippen molar-refractivity contribution < 1.29 is 9.21 Å². The minimum Gasteiger partial charge on any atom is -0.467 e. The third-order valence-electron chi connectivity index (χ3n) is 4.45. The highest BCUT2D eigenvalue weighted by Crippen LogP contribution is 2.39. The van der Waals surface area contributed by atoms with Gasteiger partial charge >= 0.3 is 0 Å². The number of carbonyl (C=O) groups is 1. The number of furan rings is 1. The summed E-state index contributed by atoms with van der Waals surface area (Å²) >= 11 is 0. The summed E-state index contributed by atoms with van der Waals surface area (Å²) in [5, 5.41) is 15.4. The lowest BCUT2D eigenvalue weighted by molar-refractivity contribution is -0.121. The van der Waals surface area contributed by atoms with Crippen molar-refractivity contribution in [3.8, 4) is 6.07 Å². The molecule has 0 spiro atoms. The Labute approximate surface area is 141 Å². The lowest BCUT2D eigenvalue weighted by Gasteiger charge is -2.24. The van der Waals surface area contributed by atoms with E-state index in [1.165, 1.54) is 0 Å². The summed E-state index contributed by atoms with van der Waals surface area (Å²) in [5.74, 6) is 0.833. The third kappa shape index (κ3) is 3.66. The van der Waals surface area contributed by atoms with E-state index in [-0.39, 0.29) is 24.4 Å². The maximum atomic E-state index is 12.3. The summed E-state index contributed by atoms with van der Waals surface area (Å²) < 4.78 is 5.51. The summed E-state index contributed by atoms with van der Waals surface area (Å²) in [6, 6.07) is 15.6. The molecule has 1 fully saturated rings. The van der Waals surface area contributed by atoms with Gasteiger partial charge in [-0.15, -0.1) is 0 Å². The van der Waals surface area contributed by atoms with Gasteiger partial charge in [-0.3, -0.25) is 10.1 Å². The Bertz CT molecular complexity index is 717. The number of carbonyl (C=O) groups excluding carboxylic acids is 1. The second-order valence-corrected chi connectivity index (χ2v) is 6.38. The maximum absolute atomic E-state index is 12.3. The monoisotopic (exact) mass is 323 g/mol. The highest BCUT2D eigenvalue weighted by Gasteiger charge is 2.42. The van der Waals surface area contributed by atoms with Crippen molar-refractivity contribution in [3.05, 3.63) is 60.1 Å². The van der Waals surface area contributed by atoms with Crippen molar-refractivity contribution in [3.63, 3.8) is 0 Å². The summed E-state index contributed by atoms with van der Waals surface area (Å²) in [6.45, 7) is 1.91. The van der Waals surface area contributed by atoms with Crippen LogP contribution in [0.3, 0.4) is 0 Å². The average Bonchev–Trinajstić information content (AvgIpc) is 3.33. The summed E-state index contributed by atoms with van der Waals surface area (Å²) in [7, 11) is 0. The van der Waals surface area contributed by atoms with Gasteiger partial charge in [-0.1, -0.05) is 30.3 Å². The molecule has 3 rings (SSSR count). The molecule has 0 radical (unpaired) electrons. The van der Waals surface area contributed by atoms with Gasteiger partial charge in [0.2, 0.25) is 5.91 Å². The fraction of sp³-hybridized carbons (Fsp3) is 0.368. The van der Waals surface area contributed by atoms with Crippen molar-refractivity contribution >= 4 is 5.91 Å². The Hall–Kier alpha value is -2.58. The molecule has 1 saturated carbocycles. The zero-order valence-corrected chi connectivity index (χ0v) is 13.7. The first-order chi connectivity index (χ1) is 11.6. The largest absolute Gasteiger partial charge is 0.467 e. The maximum Gasteiger partial charge on any atom is 0.235 e. The molecule has 0 aliphatic heterocycles. The van der Waals surface area contributed by atoms with E-state index in [1.807, 2.05) is 42.5 Å². The SMILES string of the molecule is C[C@@](C#N)(NC(=O)CN[C@H](c1ccccc1)c1ccco1)C1CC1. The zero-order chi connectivity index (χ0) is 17.0. The molecule has 1 aliphatic rings. The van der Waals surface area contributed by atoms with Gasteiger partial charge in [-0.25, -0.2) is 0 Å². The number of benzene rings is 1. The van der Waals surface area contributed by atoms with Crippen LogP contribution < -0.4 is 10.6 Å². The molecule has 2 aromatic rings. The number of amides is 1. The Morgan fingerprint density at radius 3 is 2.67 bits per heavy atom. The molecular formula is C19H21N3O2. The lowest BCUT2D eigenvalue weighted by atomic mass is 9.98. The molecule has 5 heteroatoms. The van der Waals surface area contributed by atoms with Crippen LogP contribution in [-0.4, -0.2) is 18.0 Å². The molecule has 0 bridgehead atoms. The van der Waals surface area contributed by atoms with E-state index in [0.717, 1.165) is 24.2 Å². The van der Waals surface area contributed by atoms with Crippen LogP contribution in [0.25, 0.3) is 0 Å². The van der Waals surface area contributed by atoms with E-state index in [9.17, 15) is 10.1 Å². The van der Waals surface area contributed by atoms with Gasteiger partial charge in [0.25, 0.3) is 0 Å². The van der Waals surface area contributed by atoms with Crippen LogP contribution in [0.15, 0.2) is 53.1 Å². The number of nitrogens with one attached hydrogen (secondary N) is 2. The Morgan fingerprint density at radius 1 is 1.33 bits per heavy atom. The Balaban J connectivity index is 1.66. The number of nitriles is 1. The highest BCUT2D eigenvalue weighted by atomic mass is 16.3. The minimum absolute atomic E-state index is 0.115. The molecule has 1 aliphatic carbocycles. The second kappa shape index (κ2) is 6.90. The third-order valence-corrected chi connectivity index (χ3v) is 4.45. The zero-order valence-electron chi connectivity index (χ0n) is 13.7. The van der Waals surface area contributed by atoms with E-state index in [4.69, 9.17) is 4.42 Å². The van der Waals surface area contributed by atoms with Gasteiger partial charge in [0, 0.05) is 0 Å². The van der Waals surface area contributed by atoms with Crippen molar-refractivity contribution in [1.82, 2.24) is 10.6 Å². The van der Waals surface area contributed by atoms with Crippen LogP contribution in [0.5, 0.6) is 0 Å². The fourth-order valence-electron chi connectivity index (χ4n) is 2.89. The van der Waals surface area contributed by atoms with Gasteiger partial charge in [0.05, 0.1) is 24.9 Å². The van der Waals surface area contributed by atoms with Crippen LogP contribution in [0.1, 0.15) is 37.1 Å². The van der Waals surface area contributed by atoms with Gasteiger partial charge in [-0.05, 0) is 43.4 Å². The Morgan fingerprint density at radius 2 is 2.08 bits per heavy atom. The van der Waals surface area contributed by atoms with E-state index in [0.29, 0.717) is 0 Å². The number of hydrogen-bond acceptors (Lipinski definition) is 4. The number of nitrogens with zero attached hydrogens (tertiary/aromatic N) is 1. The number of hydrogen-bond donors (Lipinski definition) is 2. The van der Waals surface area contributed by atoms with Crippen molar-refractivity contribution in [2.24, 2.45) is 5.92 Å². The molecule has 1 aromatic heterocycles. The molecule has 24 heavy (non-hydrogen) atoms. The topological polar surface area (TPSA) is 78.1 Å². The Kier molecular flexibility index (Phi) is 4.68. The molecule has 0 saturated heterocycles. The van der Waals surface area contributed by atoms with Crippen molar-refractivity contribution in [2.45, 2.75) is 31.3 Å². The van der Waals surface area contributed by atoms with E-state index >= 15 is 0 Å². The second-order valence-electron chi connectivity index (χ2n) is 6.38. The van der Waals surface area contributed by atoms with E-state index in [1.54, 1.807) is 13.2 Å². The first kappa shape index (κ1) is 16.3. The first-order valence-electron chi connectivity index (χ1n) is 8.16. The van der Waals surface area contributed by atoms with Crippen LogP contribution in [0.2, 0.25) is 0 Å². The van der Waals surface area contributed by atoms with E-state index < -0.39 is 5.54 Å². The van der Waals surface area contributed by atoms with Gasteiger partial charge < -0.3 is 9.73 Å². The molecule has 1 aromatic carbocycles. The summed E-state index contributed by atoms with van der Waals surface area (Å²) in [4.78, 5) is 12.3. The van der Waals surface area contributed by atoms with Gasteiger partial charge in [-0.2, -0.15) is 5.26 Å². The fourth-order valence-corrected chi connectivity index (χ4v) is 2.89. The van der Waals surface area contributed by atoms with Crippen LogP contribution in [0.4, 0.5) is 0 Å². The first-order valence-corrected chi connectivity index (χ1v) is 8.16. The minimum atomic E-state index is -0.772. The van der Waals surface area contributed by atoms with E-state index in [2.05, 4.69) is 16.7 Å². The lowest BCUT2D eigenvalue weighted by Crippen LogP contribution is -2.49. The predicted octanol–water partition coefficient (Wildman–Crippen LogP) is 2.77.